The third kappa shape index (κ3) is 52.1. The number of nitrogens with one attached hydrogen (secondary N) is 1. The van der Waals surface area contributed by atoms with Crippen molar-refractivity contribution >= 4 is 19.7 Å². The van der Waals surface area contributed by atoms with E-state index in [1.165, 1.54) is 122 Å². The molecule has 0 saturated carbocycles. The molecule has 9 nitrogen and oxygen atoms in total. The van der Waals surface area contributed by atoms with Crippen LogP contribution in [0.25, 0.3) is 0 Å². The maximum absolute atomic E-state index is 13.5. The number of quaternary nitrogens is 1. The Kier molecular flexibility index (Phi) is 49.1. The Morgan fingerprint density at radius 2 is 0.859 bits per heavy atom. The van der Waals surface area contributed by atoms with Gasteiger partial charge in [0.05, 0.1) is 33.8 Å². The zero-order valence-corrected chi connectivity index (χ0v) is 47.8. The van der Waals surface area contributed by atoms with Crippen molar-refractivity contribution in [2.45, 2.75) is 264 Å². The minimum absolute atomic E-state index is 0.0300. The van der Waals surface area contributed by atoms with Gasteiger partial charge in [0.25, 0.3) is 0 Å². The van der Waals surface area contributed by atoms with Crippen molar-refractivity contribution in [3.05, 3.63) is 72.9 Å². The minimum atomic E-state index is -4.46. The number of phosphoric ester groups is 1. The Morgan fingerprint density at radius 3 is 1.32 bits per heavy atom. The van der Waals surface area contributed by atoms with Gasteiger partial charge in [0.2, 0.25) is 5.91 Å². The van der Waals surface area contributed by atoms with E-state index in [1.807, 2.05) is 33.3 Å². The first-order valence-electron chi connectivity index (χ1n) is 29.3. The van der Waals surface area contributed by atoms with E-state index in [4.69, 9.17) is 13.8 Å². The summed E-state index contributed by atoms with van der Waals surface area (Å²) in [6.45, 7) is 6.94. The van der Waals surface area contributed by atoms with Crippen LogP contribution in [0, 0.1) is 0 Å². The highest BCUT2D eigenvalue weighted by Gasteiger charge is 2.30. The van der Waals surface area contributed by atoms with Crippen molar-refractivity contribution < 1.29 is 37.3 Å². The molecule has 3 atom stereocenters. The number of esters is 1. The van der Waals surface area contributed by atoms with Crippen molar-refractivity contribution in [3.8, 4) is 0 Å². The normalized spacial score (nSPS) is 14.3. The van der Waals surface area contributed by atoms with Crippen LogP contribution in [-0.2, 0) is 27.9 Å². The molecule has 71 heavy (non-hydrogen) atoms. The van der Waals surface area contributed by atoms with Gasteiger partial charge in [0.1, 0.15) is 19.3 Å². The third-order valence-electron chi connectivity index (χ3n) is 12.6. The van der Waals surface area contributed by atoms with Gasteiger partial charge in [-0.2, -0.15) is 0 Å². The number of amides is 1. The summed E-state index contributed by atoms with van der Waals surface area (Å²) in [5, 5.41) is 3.03. The SMILES string of the molecule is CCCCC/C=C\C/C=C\C/C=C\C/C=C\CCCCCC(=O)OC(/C=C\CCCCCCCCCCCCC)C(COP(=O)(O)OCC[N+](C)(C)C)NC(=O)CCCCC/C=C\CCCCCCCC. The number of unbranched alkanes of at least 4 members (excludes halogenated alkanes) is 26. The predicted molar refractivity (Wildman–Crippen MR) is 305 cm³/mol. The highest BCUT2D eigenvalue weighted by molar-refractivity contribution is 7.47. The number of rotatable bonds is 52. The summed E-state index contributed by atoms with van der Waals surface area (Å²) >= 11 is 0. The molecule has 0 saturated heterocycles. The molecule has 0 rings (SSSR count). The molecule has 3 unspecified atom stereocenters. The zero-order valence-electron chi connectivity index (χ0n) is 47.0. The highest BCUT2D eigenvalue weighted by Crippen LogP contribution is 2.43. The molecule has 0 aromatic carbocycles. The predicted octanol–water partition coefficient (Wildman–Crippen LogP) is 17.7. The van der Waals surface area contributed by atoms with Gasteiger partial charge in [0, 0.05) is 12.8 Å². The fraction of sp³-hybridized carbons (Fsp3) is 0.770. The number of carbonyl (C=O) groups is 2. The van der Waals surface area contributed by atoms with Crippen LogP contribution in [0.1, 0.15) is 252 Å². The lowest BCUT2D eigenvalue weighted by molar-refractivity contribution is -0.870. The molecular formula is C61H112N2O7P+. The summed E-state index contributed by atoms with van der Waals surface area (Å²) in [6, 6.07) is -0.870. The van der Waals surface area contributed by atoms with Crippen molar-refractivity contribution in [2.75, 3.05) is 40.9 Å². The molecule has 0 aromatic rings. The largest absolute Gasteiger partial charge is 0.472 e. The van der Waals surface area contributed by atoms with Crippen LogP contribution < -0.4 is 5.32 Å². The maximum atomic E-state index is 13.5. The number of allylic oxidation sites excluding steroid dienone is 11. The molecule has 0 fully saturated rings. The molecular weight excluding hydrogens is 904 g/mol. The van der Waals surface area contributed by atoms with E-state index < -0.39 is 20.0 Å². The Morgan fingerprint density at radius 1 is 0.493 bits per heavy atom. The zero-order chi connectivity index (χ0) is 52.2. The quantitative estimate of drug-likeness (QED) is 0.0205. The van der Waals surface area contributed by atoms with Crippen molar-refractivity contribution in [1.82, 2.24) is 5.32 Å². The molecule has 0 spiro atoms. The van der Waals surface area contributed by atoms with Crippen molar-refractivity contribution in [1.29, 1.82) is 0 Å². The van der Waals surface area contributed by atoms with Gasteiger partial charge in [-0.1, -0.05) is 210 Å². The highest BCUT2D eigenvalue weighted by atomic mass is 31.2. The lowest BCUT2D eigenvalue weighted by Crippen LogP contribution is -2.47. The van der Waals surface area contributed by atoms with Crippen LogP contribution in [0.15, 0.2) is 72.9 Å². The monoisotopic (exact) mass is 1020 g/mol. The fourth-order valence-electron chi connectivity index (χ4n) is 8.03. The van der Waals surface area contributed by atoms with Crippen LogP contribution in [0.5, 0.6) is 0 Å². The second-order valence-corrected chi connectivity index (χ2v) is 22.3. The second kappa shape index (κ2) is 51.0. The molecule has 1 amide bonds. The summed E-state index contributed by atoms with van der Waals surface area (Å²) in [6.07, 6.45) is 64.6. The van der Waals surface area contributed by atoms with Crippen molar-refractivity contribution in [2.24, 2.45) is 0 Å². The van der Waals surface area contributed by atoms with Gasteiger partial charge < -0.3 is 19.4 Å². The molecule has 0 radical (unpaired) electrons. The van der Waals surface area contributed by atoms with Crippen LogP contribution in [-0.4, -0.2) is 74.3 Å². The first-order chi connectivity index (χ1) is 34.4. The molecule has 0 aromatic heterocycles. The van der Waals surface area contributed by atoms with E-state index >= 15 is 0 Å². The molecule has 2 N–H and O–H groups in total. The van der Waals surface area contributed by atoms with Crippen LogP contribution in [0.3, 0.4) is 0 Å². The average molecular weight is 1020 g/mol. The molecule has 0 aliphatic heterocycles. The van der Waals surface area contributed by atoms with E-state index in [1.54, 1.807) is 0 Å². The minimum Gasteiger partial charge on any atom is -0.456 e. The van der Waals surface area contributed by atoms with E-state index in [-0.39, 0.29) is 31.5 Å². The number of ether oxygens (including phenoxy) is 1. The van der Waals surface area contributed by atoms with Crippen LogP contribution in [0.2, 0.25) is 0 Å². The Hall–Kier alpha value is -2.55. The summed E-state index contributed by atoms with van der Waals surface area (Å²) < 4.78 is 30.6. The second-order valence-electron chi connectivity index (χ2n) is 20.8. The lowest BCUT2D eigenvalue weighted by atomic mass is 10.0. The average Bonchev–Trinajstić information content (AvgIpc) is 3.33. The van der Waals surface area contributed by atoms with Gasteiger partial charge in [-0.3, -0.25) is 18.6 Å². The van der Waals surface area contributed by atoms with E-state index in [9.17, 15) is 19.0 Å². The van der Waals surface area contributed by atoms with Crippen LogP contribution >= 0.6 is 7.82 Å². The number of carbonyl (C=O) groups excluding carboxylic acids is 2. The molecule has 412 valence electrons. The summed E-state index contributed by atoms with van der Waals surface area (Å²) in [5.41, 5.74) is 0. The van der Waals surface area contributed by atoms with E-state index in [0.717, 1.165) is 89.9 Å². The standard InChI is InChI=1S/C61H111N2O7P/c1-7-10-13-16-19-22-25-28-29-30-31-32-33-36-39-42-45-48-51-54-61(65)70-59(52-49-46-43-40-37-34-26-23-20-17-14-11-8-2)58(57-69-71(66,67)68-56-55-63(4,5)6)62-60(64)53-50-47-44-41-38-35-27-24-21-18-15-12-9-3/h19,22,28-29,31-32,35-36,38-39,49,52,58-59H,7-18,20-21,23-27,30,33-34,37,40-48,50-51,53-57H2,1-6H3,(H-,62,64,66,67)/p+1/b22-19-,29-28-,32-31-,38-35-,39-36-,52-49-. The van der Waals surface area contributed by atoms with Crippen LogP contribution in [0.4, 0.5) is 0 Å². The Bertz CT molecular complexity index is 1450. The third-order valence-corrected chi connectivity index (χ3v) is 13.6. The smallest absolute Gasteiger partial charge is 0.456 e. The topological polar surface area (TPSA) is 111 Å². The molecule has 0 aliphatic carbocycles. The fourth-order valence-corrected chi connectivity index (χ4v) is 8.77. The Balaban J connectivity index is 5.43. The van der Waals surface area contributed by atoms with Gasteiger partial charge in [-0.25, -0.2) is 4.57 Å². The molecule has 0 heterocycles. The Labute approximate surface area is 438 Å². The first kappa shape index (κ1) is 68.5. The van der Waals surface area contributed by atoms with Gasteiger partial charge in [-0.15, -0.1) is 0 Å². The molecule has 10 heteroatoms. The maximum Gasteiger partial charge on any atom is 0.472 e. The van der Waals surface area contributed by atoms with Gasteiger partial charge >= 0.3 is 13.8 Å². The van der Waals surface area contributed by atoms with E-state index in [0.29, 0.717) is 23.9 Å². The number of phosphoric acid groups is 1. The molecule has 0 aliphatic rings. The number of hydrogen-bond acceptors (Lipinski definition) is 6. The number of likely N-dealkylation sites (N-methyl/N-ethyl adjacent to an activating group) is 1. The summed E-state index contributed by atoms with van der Waals surface area (Å²) in [4.78, 5) is 37.6. The molecule has 0 bridgehead atoms. The summed E-state index contributed by atoms with van der Waals surface area (Å²) in [7, 11) is 1.46. The number of hydrogen-bond donors (Lipinski definition) is 2. The first-order valence-corrected chi connectivity index (χ1v) is 30.8. The van der Waals surface area contributed by atoms with Crippen molar-refractivity contribution in [3.63, 3.8) is 0 Å². The summed E-state index contributed by atoms with van der Waals surface area (Å²) in [5.74, 6) is -0.560. The number of nitrogens with zero attached hydrogens (tertiary/aromatic N) is 1. The van der Waals surface area contributed by atoms with E-state index in [2.05, 4.69) is 86.8 Å². The van der Waals surface area contributed by atoms with Gasteiger partial charge in [0.15, 0.2) is 0 Å². The lowest BCUT2D eigenvalue weighted by Gasteiger charge is -2.27. The van der Waals surface area contributed by atoms with Gasteiger partial charge in [-0.05, 0) is 102 Å².